The van der Waals surface area contributed by atoms with Crippen LogP contribution in [0.4, 0.5) is 0 Å². The topological polar surface area (TPSA) is 21.3 Å². The van der Waals surface area contributed by atoms with E-state index in [1.54, 1.807) is 7.11 Å². The minimum absolute atomic E-state index is 0.465. The Kier molecular flexibility index (Phi) is 6.40. The van der Waals surface area contributed by atoms with E-state index in [2.05, 4.69) is 39.1 Å². The van der Waals surface area contributed by atoms with Gasteiger partial charge in [0.25, 0.3) is 0 Å². The summed E-state index contributed by atoms with van der Waals surface area (Å²) in [6, 6.07) is 6.20. The molecule has 0 radical (unpaired) electrons. The standard InChI is InChI=1S/C16H24ClNO/c1-11(2)13(10-18-12(3)4)9-14-15(17)7-6-8-16(14)19-5/h6-9,11-12,18H,10H2,1-5H3/b13-9-. The molecule has 0 saturated carbocycles. The van der Waals surface area contributed by atoms with Crippen LogP contribution >= 0.6 is 11.6 Å². The summed E-state index contributed by atoms with van der Waals surface area (Å²) in [5, 5.41) is 4.18. The maximum Gasteiger partial charge on any atom is 0.127 e. The van der Waals surface area contributed by atoms with Gasteiger partial charge in [-0.05, 0) is 24.1 Å². The van der Waals surface area contributed by atoms with Crippen molar-refractivity contribution in [2.75, 3.05) is 13.7 Å². The average molecular weight is 282 g/mol. The zero-order chi connectivity index (χ0) is 14.4. The van der Waals surface area contributed by atoms with Gasteiger partial charge >= 0.3 is 0 Å². The second-order valence-corrected chi connectivity index (χ2v) is 5.67. The summed E-state index contributed by atoms with van der Waals surface area (Å²) in [6.45, 7) is 9.54. The third-order valence-corrected chi connectivity index (χ3v) is 3.35. The van der Waals surface area contributed by atoms with Crippen molar-refractivity contribution in [2.24, 2.45) is 5.92 Å². The molecule has 1 aromatic carbocycles. The highest BCUT2D eigenvalue weighted by Gasteiger charge is 2.09. The van der Waals surface area contributed by atoms with E-state index in [-0.39, 0.29) is 0 Å². The van der Waals surface area contributed by atoms with Crippen LogP contribution in [0.5, 0.6) is 5.75 Å². The van der Waals surface area contributed by atoms with Gasteiger partial charge in [0.05, 0.1) is 12.1 Å². The molecule has 0 aliphatic rings. The quantitative estimate of drug-likeness (QED) is 0.835. The molecule has 1 rings (SSSR count). The van der Waals surface area contributed by atoms with E-state index in [1.807, 2.05) is 18.2 Å². The molecule has 0 spiro atoms. The second-order valence-electron chi connectivity index (χ2n) is 5.27. The predicted molar refractivity (Wildman–Crippen MR) is 84.0 cm³/mol. The van der Waals surface area contributed by atoms with Crippen molar-refractivity contribution < 1.29 is 4.74 Å². The zero-order valence-corrected chi connectivity index (χ0v) is 13.2. The van der Waals surface area contributed by atoms with E-state index in [0.717, 1.165) is 22.9 Å². The van der Waals surface area contributed by atoms with Crippen LogP contribution in [0.15, 0.2) is 23.8 Å². The fraction of sp³-hybridized carbons (Fsp3) is 0.500. The molecule has 0 heterocycles. The number of nitrogens with one attached hydrogen (secondary N) is 1. The third-order valence-electron chi connectivity index (χ3n) is 3.02. The van der Waals surface area contributed by atoms with E-state index < -0.39 is 0 Å². The molecule has 1 aromatic rings. The SMILES string of the molecule is COc1cccc(Cl)c1/C=C(/CNC(C)C)C(C)C. The molecule has 0 fully saturated rings. The fourth-order valence-corrected chi connectivity index (χ4v) is 1.98. The van der Waals surface area contributed by atoms with E-state index in [1.165, 1.54) is 5.57 Å². The summed E-state index contributed by atoms with van der Waals surface area (Å²) in [5.74, 6) is 1.28. The highest BCUT2D eigenvalue weighted by atomic mass is 35.5. The maximum absolute atomic E-state index is 6.27. The van der Waals surface area contributed by atoms with Crippen LogP contribution in [-0.4, -0.2) is 19.7 Å². The van der Waals surface area contributed by atoms with Crippen LogP contribution in [0.3, 0.4) is 0 Å². The van der Waals surface area contributed by atoms with E-state index in [4.69, 9.17) is 16.3 Å². The molecule has 3 heteroatoms. The molecule has 0 amide bonds. The number of benzene rings is 1. The first-order chi connectivity index (χ1) is 8.95. The van der Waals surface area contributed by atoms with Crippen LogP contribution in [0.25, 0.3) is 6.08 Å². The predicted octanol–water partition coefficient (Wildman–Crippen LogP) is 4.39. The Morgan fingerprint density at radius 1 is 1.32 bits per heavy atom. The number of halogens is 1. The van der Waals surface area contributed by atoms with Crippen molar-refractivity contribution in [1.82, 2.24) is 5.32 Å². The minimum atomic E-state index is 0.465. The van der Waals surface area contributed by atoms with Gasteiger partial charge in [-0.3, -0.25) is 0 Å². The Bertz CT molecular complexity index is 438. The van der Waals surface area contributed by atoms with E-state index in [9.17, 15) is 0 Å². The lowest BCUT2D eigenvalue weighted by Gasteiger charge is -2.16. The number of hydrogen-bond acceptors (Lipinski definition) is 2. The first kappa shape index (κ1) is 16.1. The van der Waals surface area contributed by atoms with Crippen molar-refractivity contribution in [3.63, 3.8) is 0 Å². The maximum atomic E-state index is 6.27. The number of hydrogen-bond donors (Lipinski definition) is 1. The lowest BCUT2D eigenvalue weighted by Crippen LogP contribution is -2.26. The third kappa shape index (κ3) is 4.88. The van der Waals surface area contributed by atoms with Gasteiger partial charge in [-0.25, -0.2) is 0 Å². The normalized spacial score (nSPS) is 12.3. The molecule has 0 aliphatic heterocycles. The zero-order valence-electron chi connectivity index (χ0n) is 12.5. The average Bonchev–Trinajstić information content (AvgIpc) is 2.35. The van der Waals surface area contributed by atoms with Crippen molar-refractivity contribution in [2.45, 2.75) is 33.7 Å². The second kappa shape index (κ2) is 7.56. The Labute approximate surface area is 121 Å². The van der Waals surface area contributed by atoms with Gasteiger partial charge < -0.3 is 10.1 Å². The van der Waals surface area contributed by atoms with Gasteiger partial charge in [0.15, 0.2) is 0 Å². The minimum Gasteiger partial charge on any atom is -0.496 e. The van der Waals surface area contributed by atoms with Crippen molar-refractivity contribution >= 4 is 17.7 Å². The summed E-state index contributed by atoms with van der Waals surface area (Å²) >= 11 is 6.27. The molecular weight excluding hydrogens is 258 g/mol. The summed E-state index contributed by atoms with van der Waals surface area (Å²) in [6.07, 6.45) is 2.14. The van der Waals surface area contributed by atoms with Crippen LogP contribution in [0.1, 0.15) is 33.3 Å². The highest BCUT2D eigenvalue weighted by molar-refractivity contribution is 6.32. The molecule has 0 saturated heterocycles. The summed E-state index contributed by atoms with van der Waals surface area (Å²) in [5.41, 5.74) is 2.28. The molecule has 19 heavy (non-hydrogen) atoms. The van der Waals surface area contributed by atoms with Crippen LogP contribution in [0, 0.1) is 5.92 Å². The molecule has 1 N–H and O–H groups in total. The van der Waals surface area contributed by atoms with Crippen LogP contribution in [0.2, 0.25) is 5.02 Å². The van der Waals surface area contributed by atoms with Crippen molar-refractivity contribution in [3.8, 4) is 5.75 Å². The lowest BCUT2D eigenvalue weighted by molar-refractivity contribution is 0.414. The van der Waals surface area contributed by atoms with Crippen LogP contribution < -0.4 is 10.1 Å². The van der Waals surface area contributed by atoms with Crippen LogP contribution in [-0.2, 0) is 0 Å². The van der Waals surface area contributed by atoms with E-state index >= 15 is 0 Å². The smallest absolute Gasteiger partial charge is 0.127 e. The summed E-state index contributed by atoms with van der Waals surface area (Å²) in [7, 11) is 1.67. The Morgan fingerprint density at radius 2 is 2.00 bits per heavy atom. The Hall–Kier alpha value is -0.990. The molecule has 106 valence electrons. The highest BCUT2D eigenvalue weighted by Crippen LogP contribution is 2.29. The van der Waals surface area contributed by atoms with Gasteiger partial charge in [0.1, 0.15) is 5.75 Å². The van der Waals surface area contributed by atoms with Gasteiger partial charge in [0.2, 0.25) is 0 Å². The van der Waals surface area contributed by atoms with Gasteiger partial charge in [0, 0.05) is 18.2 Å². The number of methoxy groups -OCH3 is 1. The number of ether oxygens (including phenoxy) is 1. The molecule has 0 atom stereocenters. The molecule has 2 nitrogen and oxygen atoms in total. The van der Waals surface area contributed by atoms with Crippen molar-refractivity contribution in [3.05, 3.63) is 34.4 Å². The molecular formula is C16H24ClNO. The molecule has 0 aromatic heterocycles. The van der Waals surface area contributed by atoms with E-state index in [0.29, 0.717) is 12.0 Å². The van der Waals surface area contributed by atoms with Gasteiger partial charge in [-0.15, -0.1) is 0 Å². The Morgan fingerprint density at radius 3 is 2.53 bits per heavy atom. The monoisotopic (exact) mass is 281 g/mol. The summed E-state index contributed by atoms with van der Waals surface area (Å²) in [4.78, 5) is 0. The van der Waals surface area contributed by atoms with Crippen molar-refractivity contribution in [1.29, 1.82) is 0 Å². The Balaban J connectivity index is 3.07. The molecule has 0 bridgehead atoms. The molecule has 0 aliphatic carbocycles. The summed E-state index contributed by atoms with van der Waals surface area (Å²) < 4.78 is 5.38. The lowest BCUT2D eigenvalue weighted by atomic mass is 9.99. The largest absolute Gasteiger partial charge is 0.496 e. The molecule has 0 unspecified atom stereocenters. The van der Waals surface area contributed by atoms with Gasteiger partial charge in [-0.2, -0.15) is 0 Å². The number of rotatable bonds is 6. The van der Waals surface area contributed by atoms with Gasteiger partial charge in [-0.1, -0.05) is 50.9 Å². The first-order valence-corrected chi connectivity index (χ1v) is 7.09. The fourth-order valence-electron chi connectivity index (χ4n) is 1.76. The first-order valence-electron chi connectivity index (χ1n) is 6.72.